The Kier molecular flexibility index (Phi) is 6.60. The lowest BCUT2D eigenvalue weighted by Gasteiger charge is -2.37. The highest BCUT2D eigenvalue weighted by Gasteiger charge is 2.28. The number of morpholine rings is 1. The molecule has 6 heteroatoms. The second kappa shape index (κ2) is 8.46. The van der Waals surface area contributed by atoms with Crippen LogP contribution in [0.2, 0.25) is 0 Å². The lowest BCUT2D eigenvalue weighted by molar-refractivity contribution is -0.0465. The summed E-state index contributed by atoms with van der Waals surface area (Å²) in [7, 11) is 1.95. The molecule has 0 amide bonds. The topological polar surface area (TPSA) is 55.2 Å². The van der Waals surface area contributed by atoms with Gasteiger partial charge in [0.05, 0.1) is 12.7 Å². The molecule has 1 aromatic rings. The molecule has 2 unspecified atom stereocenters. The first-order chi connectivity index (χ1) is 10.2. The molecule has 0 aromatic carbocycles. The summed E-state index contributed by atoms with van der Waals surface area (Å²) in [4.78, 5) is 6.86. The number of rotatable bonds is 8. The fraction of sp³-hybridized carbons (Fsp3) is 0.867. The third kappa shape index (κ3) is 4.76. The molecule has 6 nitrogen and oxygen atoms in total. The van der Waals surface area contributed by atoms with E-state index in [1.54, 1.807) is 6.33 Å². The Morgan fingerprint density at radius 2 is 2.29 bits per heavy atom. The van der Waals surface area contributed by atoms with Gasteiger partial charge in [0.25, 0.3) is 0 Å². The Morgan fingerprint density at radius 1 is 1.43 bits per heavy atom. The monoisotopic (exact) mass is 295 g/mol. The van der Waals surface area contributed by atoms with E-state index in [1.807, 2.05) is 11.7 Å². The molecule has 2 atom stereocenters. The molecule has 0 bridgehead atoms. The van der Waals surface area contributed by atoms with Gasteiger partial charge in [0, 0.05) is 32.6 Å². The molecule has 1 N–H and O–H groups in total. The Labute approximate surface area is 127 Å². The minimum absolute atomic E-state index is 0.230. The van der Waals surface area contributed by atoms with E-state index in [0.29, 0.717) is 6.04 Å². The van der Waals surface area contributed by atoms with Crippen LogP contribution >= 0.6 is 0 Å². The van der Waals surface area contributed by atoms with Crippen LogP contribution in [0.1, 0.15) is 32.5 Å². The van der Waals surface area contributed by atoms with Crippen molar-refractivity contribution in [1.82, 2.24) is 25.0 Å². The summed E-state index contributed by atoms with van der Waals surface area (Å²) in [6.07, 6.45) is 5.04. The van der Waals surface area contributed by atoms with Gasteiger partial charge in [-0.15, -0.1) is 0 Å². The van der Waals surface area contributed by atoms with E-state index in [1.165, 1.54) is 6.42 Å². The maximum atomic E-state index is 6.04. The van der Waals surface area contributed by atoms with E-state index >= 15 is 0 Å². The lowest BCUT2D eigenvalue weighted by atomic mass is 10.0. The molecular weight excluding hydrogens is 266 g/mol. The maximum Gasteiger partial charge on any atom is 0.138 e. The van der Waals surface area contributed by atoms with Crippen LogP contribution < -0.4 is 5.32 Å². The molecule has 0 saturated carbocycles. The van der Waals surface area contributed by atoms with Crippen LogP contribution in [0.5, 0.6) is 0 Å². The van der Waals surface area contributed by atoms with Crippen LogP contribution in [0.25, 0.3) is 0 Å². The quantitative estimate of drug-likeness (QED) is 0.770. The summed E-state index contributed by atoms with van der Waals surface area (Å²) in [6, 6.07) is 0.299. The molecule has 1 aliphatic heterocycles. The third-order valence-electron chi connectivity index (χ3n) is 4.03. The fourth-order valence-electron chi connectivity index (χ4n) is 2.86. The van der Waals surface area contributed by atoms with Crippen molar-refractivity contribution in [1.29, 1.82) is 0 Å². The Hall–Kier alpha value is -0.980. The van der Waals surface area contributed by atoms with Crippen LogP contribution in [0.3, 0.4) is 0 Å². The SMILES string of the molecule is CCCNC(Cc1ncnn1C)C1CN(CCC)CCO1. The van der Waals surface area contributed by atoms with Gasteiger partial charge in [-0.25, -0.2) is 4.98 Å². The van der Waals surface area contributed by atoms with Crippen molar-refractivity contribution < 1.29 is 4.74 Å². The van der Waals surface area contributed by atoms with Gasteiger partial charge >= 0.3 is 0 Å². The summed E-state index contributed by atoms with van der Waals surface area (Å²) in [5, 5.41) is 7.80. The predicted molar refractivity (Wildman–Crippen MR) is 83.3 cm³/mol. The summed E-state index contributed by atoms with van der Waals surface area (Å²) in [5.41, 5.74) is 0. The van der Waals surface area contributed by atoms with Gasteiger partial charge < -0.3 is 10.1 Å². The normalized spacial score (nSPS) is 21.6. The molecule has 1 saturated heterocycles. The molecule has 1 fully saturated rings. The van der Waals surface area contributed by atoms with Gasteiger partial charge in [-0.3, -0.25) is 9.58 Å². The smallest absolute Gasteiger partial charge is 0.138 e. The first kappa shape index (κ1) is 16.4. The number of aromatic nitrogens is 3. The first-order valence-electron chi connectivity index (χ1n) is 8.14. The summed E-state index contributed by atoms with van der Waals surface area (Å²) in [6.45, 7) is 9.48. The molecule has 2 heterocycles. The zero-order chi connectivity index (χ0) is 15.1. The molecule has 1 aliphatic rings. The number of hydrogen-bond acceptors (Lipinski definition) is 5. The molecule has 21 heavy (non-hydrogen) atoms. The maximum absolute atomic E-state index is 6.04. The van der Waals surface area contributed by atoms with E-state index in [0.717, 1.165) is 51.5 Å². The Bertz CT molecular complexity index is 407. The third-order valence-corrected chi connectivity index (χ3v) is 4.03. The zero-order valence-electron chi connectivity index (χ0n) is 13.6. The number of nitrogens with one attached hydrogen (secondary N) is 1. The minimum Gasteiger partial charge on any atom is -0.374 e. The van der Waals surface area contributed by atoms with Crippen LogP contribution in [-0.2, 0) is 18.2 Å². The van der Waals surface area contributed by atoms with Crippen molar-refractivity contribution in [2.24, 2.45) is 7.05 Å². The predicted octanol–water partition coefficient (Wildman–Crippen LogP) is 0.837. The molecule has 2 rings (SSSR count). The largest absolute Gasteiger partial charge is 0.374 e. The Morgan fingerprint density at radius 3 is 2.95 bits per heavy atom. The summed E-state index contributed by atoms with van der Waals surface area (Å²) in [5.74, 6) is 1.01. The molecule has 0 aliphatic carbocycles. The molecule has 0 radical (unpaired) electrons. The van der Waals surface area contributed by atoms with Crippen molar-refractivity contribution in [2.75, 3.05) is 32.8 Å². The van der Waals surface area contributed by atoms with Crippen molar-refractivity contribution >= 4 is 0 Å². The highest BCUT2D eigenvalue weighted by molar-refractivity contribution is 4.94. The van der Waals surface area contributed by atoms with Crippen molar-refractivity contribution in [3.8, 4) is 0 Å². The number of ether oxygens (including phenoxy) is 1. The standard InChI is InChI=1S/C15H29N5O/c1-4-6-16-13(10-15-17-12-18-19(15)3)14-11-20(7-5-2)8-9-21-14/h12-14,16H,4-11H2,1-3H3. The molecule has 1 aromatic heterocycles. The van der Waals surface area contributed by atoms with E-state index in [-0.39, 0.29) is 6.10 Å². The highest BCUT2D eigenvalue weighted by atomic mass is 16.5. The molecule has 120 valence electrons. The highest BCUT2D eigenvalue weighted by Crippen LogP contribution is 2.13. The zero-order valence-corrected chi connectivity index (χ0v) is 13.6. The Balaban J connectivity index is 1.99. The van der Waals surface area contributed by atoms with E-state index in [9.17, 15) is 0 Å². The fourth-order valence-corrected chi connectivity index (χ4v) is 2.86. The second-order valence-electron chi connectivity index (χ2n) is 5.77. The minimum atomic E-state index is 0.230. The van der Waals surface area contributed by atoms with Gasteiger partial charge in [0.1, 0.15) is 12.2 Å². The summed E-state index contributed by atoms with van der Waals surface area (Å²) >= 11 is 0. The van der Waals surface area contributed by atoms with Gasteiger partial charge in [-0.1, -0.05) is 13.8 Å². The van der Waals surface area contributed by atoms with E-state index in [2.05, 4.69) is 34.1 Å². The summed E-state index contributed by atoms with van der Waals surface area (Å²) < 4.78 is 7.90. The lowest BCUT2D eigenvalue weighted by Crippen LogP contribution is -2.53. The van der Waals surface area contributed by atoms with Gasteiger partial charge in [-0.2, -0.15) is 5.10 Å². The molecule has 0 spiro atoms. The first-order valence-corrected chi connectivity index (χ1v) is 8.14. The van der Waals surface area contributed by atoms with Crippen molar-refractivity contribution in [3.63, 3.8) is 0 Å². The van der Waals surface area contributed by atoms with Crippen LogP contribution in [0, 0.1) is 0 Å². The van der Waals surface area contributed by atoms with Crippen molar-refractivity contribution in [2.45, 2.75) is 45.3 Å². The average molecular weight is 295 g/mol. The van der Waals surface area contributed by atoms with Gasteiger partial charge in [0.2, 0.25) is 0 Å². The van der Waals surface area contributed by atoms with Crippen LogP contribution in [0.4, 0.5) is 0 Å². The molecular formula is C15H29N5O. The van der Waals surface area contributed by atoms with Crippen LogP contribution in [0.15, 0.2) is 6.33 Å². The number of nitrogens with zero attached hydrogens (tertiary/aromatic N) is 4. The van der Waals surface area contributed by atoms with Gasteiger partial charge in [0.15, 0.2) is 0 Å². The second-order valence-corrected chi connectivity index (χ2v) is 5.77. The number of hydrogen-bond donors (Lipinski definition) is 1. The number of aryl methyl sites for hydroxylation is 1. The average Bonchev–Trinajstić information content (AvgIpc) is 2.89. The van der Waals surface area contributed by atoms with E-state index in [4.69, 9.17) is 4.74 Å². The van der Waals surface area contributed by atoms with Crippen molar-refractivity contribution in [3.05, 3.63) is 12.2 Å². The van der Waals surface area contributed by atoms with Gasteiger partial charge in [-0.05, 0) is 25.9 Å². The van der Waals surface area contributed by atoms with E-state index < -0.39 is 0 Å². The van der Waals surface area contributed by atoms with Crippen LogP contribution in [-0.4, -0.2) is 64.6 Å².